The number of fused-ring (bicyclic) bond motifs is 1. The van der Waals surface area contributed by atoms with Gasteiger partial charge in [0.15, 0.2) is 16.5 Å². The molecule has 1 unspecified atom stereocenters. The minimum atomic E-state index is -1.04. The molecule has 0 radical (unpaired) electrons. The second-order valence-corrected chi connectivity index (χ2v) is 9.61. The van der Waals surface area contributed by atoms with Crippen LogP contribution in [0, 0.1) is 0 Å². The molecule has 1 aliphatic carbocycles. The van der Waals surface area contributed by atoms with Gasteiger partial charge in [-0.15, -0.1) is 11.3 Å². The summed E-state index contributed by atoms with van der Waals surface area (Å²) in [6, 6.07) is 7.70. The van der Waals surface area contributed by atoms with E-state index < -0.39 is 53.7 Å². The molecule has 0 bridgehead atoms. The molecule has 1 aromatic heterocycles. The van der Waals surface area contributed by atoms with Gasteiger partial charge in [0, 0.05) is 35.0 Å². The van der Waals surface area contributed by atoms with Crippen molar-refractivity contribution in [2.24, 2.45) is 0 Å². The van der Waals surface area contributed by atoms with Crippen molar-refractivity contribution in [1.82, 2.24) is 4.98 Å². The van der Waals surface area contributed by atoms with E-state index in [9.17, 15) is 14.4 Å². The van der Waals surface area contributed by atoms with E-state index in [1.807, 2.05) is 24.3 Å². The number of carbonyl (C=O) groups is 3. The fourth-order valence-corrected chi connectivity index (χ4v) is 6.41. The minimum absolute atomic E-state index is 0.533. The fraction of sp³-hybridized carbons (Fsp3) is 0.524. The standard InChI is InChI=1S/C21H25NO8S2/c1-10(23)28-16-15(26-4)19(30-12(3)25)20(18(27-5)17(16)29-11(2)24)32-21-22-13-8-6-7-9-14(13)31-21/h6-9,15-20H,1-5H3/t15-,16-,17+,18-,19-,20?/m0/s1. The zero-order valence-electron chi connectivity index (χ0n) is 18.3. The molecule has 2 aromatic rings. The van der Waals surface area contributed by atoms with Crippen LogP contribution in [0.3, 0.4) is 0 Å². The second kappa shape index (κ2) is 10.6. The smallest absolute Gasteiger partial charge is 0.303 e. The van der Waals surface area contributed by atoms with Gasteiger partial charge in [0.25, 0.3) is 0 Å². The van der Waals surface area contributed by atoms with Gasteiger partial charge in [-0.3, -0.25) is 14.4 Å². The van der Waals surface area contributed by atoms with E-state index in [2.05, 4.69) is 4.98 Å². The molecule has 1 fully saturated rings. The highest BCUT2D eigenvalue weighted by Gasteiger charge is 2.57. The average molecular weight is 484 g/mol. The quantitative estimate of drug-likeness (QED) is 0.430. The largest absolute Gasteiger partial charge is 0.458 e. The molecule has 0 amide bonds. The lowest BCUT2D eigenvalue weighted by Gasteiger charge is -2.47. The van der Waals surface area contributed by atoms with Crippen molar-refractivity contribution >= 4 is 51.2 Å². The maximum absolute atomic E-state index is 12.0. The molecule has 0 saturated heterocycles. The summed E-state index contributed by atoms with van der Waals surface area (Å²) in [6.45, 7) is 3.78. The third-order valence-corrected chi connectivity index (χ3v) is 7.38. The Hall–Kier alpha value is -2.21. The molecular weight excluding hydrogens is 458 g/mol. The van der Waals surface area contributed by atoms with Gasteiger partial charge in [0.05, 0.1) is 15.5 Å². The van der Waals surface area contributed by atoms with Crippen LogP contribution in [0.1, 0.15) is 20.8 Å². The van der Waals surface area contributed by atoms with Crippen molar-refractivity contribution in [2.75, 3.05) is 14.2 Å². The number of ether oxygens (including phenoxy) is 5. The van der Waals surface area contributed by atoms with E-state index in [4.69, 9.17) is 23.7 Å². The summed E-state index contributed by atoms with van der Waals surface area (Å²) >= 11 is 2.82. The third-order valence-electron chi connectivity index (χ3n) is 4.90. The van der Waals surface area contributed by atoms with Gasteiger partial charge in [-0.1, -0.05) is 23.9 Å². The SMILES string of the molecule is CO[C@H]1[C@H](OC(C)=O)[C@@H](OC(C)=O)[C@H](OC)C(Sc2nc3ccccc3s2)[C@H]1OC(C)=O. The number of aromatic nitrogens is 1. The third kappa shape index (κ3) is 5.40. The van der Waals surface area contributed by atoms with Crippen LogP contribution in [0.4, 0.5) is 0 Å². The number of hydrogen-bond acceptors (Lipinski definition) is 11. The molecule has 0 aliphatic heterocycles. The molecule has 32 heavy (non-hydrogen) atoms. The second-order valence-electron chi connectivity index (χ2n) is 7.15. The number of methoxy groups -OCH3 is 2. The average Bonchev–Trinajstić information content (AvgIpc) is 3.12. The topological polar surface area (TPSA) is 110 Å². The van der Waals surface area contributed by atoms with Gasteiger partial charge in [-0.2, -0.15) is 0 Å². The highest BCUT2D eigenvalue weighted by atomic mass is 32.2. The highest BCUT2D eigenvalue weighted by molar-refractivity contribution is 8.01. The molecule has 0 spiro atoms. The summed E-state index contributed by atoms with van der Waals surface area (Å²) in [5.74, 6) is -1.70. The van der Waals surface area contributed by atoms with Crippen molar-refractivity contribution < 1.29 is 38.1 Å². The molecule has 1 saturated carbocycles. The molecule has 1 aromatic carbocycles. The van der Waals surface area contributed by atoms with Crippen LogP contribution < -0.4 is 0 Å². The molecular formula is C21H25NO8S2. The lowest BCUT2D eigenvalue weighted by atomic mass is 9.85. The van der Waals surface area contributed by atoms with Crippen molar-refractivity contribution in [3.63, 3.8) is 0 Å². The predicted molar refractivity (Wildman–Crippen MR) is 118 cm³/mol. The maximum Gasteiger partial charge on any atom is 0.303 e. The first kappa shape index (κ1) is 24.4. The van der Waals surface area contributed by atoms with Crippen LogP contribution in [-0.4, -0.2) is 72.9 Å². The number of nitrogens with zero attached hydrogens (tertiary/aromatic N) is 1. The Bertz CT molecular complexity index is 947. The summed E-state index contributed by atoms with van der Waals surface area (Å²) in [5.41, 5.74) is 0.839. The van der Waals surface area contributed by atoms with Crippen molar-refractivity contribution in [3.8, 4) is 0 Å². The number of rotatable bonds is 7. The Labute approximate surface area is 193 Å². The number of hydrogen-bond donors (Lipinski definition) is 0. The number of para-hydroxylation sites is 1. The number of thioether (sulfide) groups is 1. The van der Waals surface area contributed by atoms with Crippen LogP contribution in [-0.2, 0) is 38.1 Å². The number of thiazole rings is 1. The summed E-state index contributed by atoms with van der Waals surface area (Å²) in [4.78, 5) is 40.3. The molecule has 11 heteroatoms. The van der Waals surface area contributed by atoms with Gasteiger partial charge in [-0.05, 0) is 12.1 Å². The molecule has 3 rings (SSSR count). The molecule has 0 N–H and O–H groups in total. The fourth-order valence-electron chi connectivity index (χ4n) is 3.79. The first-order valence-electron chi connectivity index (χ1n) is 9.84. The van der Waals surface area contributed by atoms with E-state index in [0.717, 1.165) is 14.6 Å². The highest BCUT2D eigenvalue weighted by Crippen LogP contribution is 2.42. The first-order chi connectivity index (χ1) is 15.2. The van der Waals surface area contributed by atoms with Crippen LogP contribution in [0.5, 0.6) is 0 Å². The van der Waals surface area contributed by atoms with Crippen LogP contribution in [0.25, 0.3) is 10.2 Å². The van der Waals surface area contributed by atoms with Gasteiger partial charge < -0.3 is 23.7 Å². The lowest BCUT2D eigenvalue weighted by molar-refractivity contribution is -0.223. The monoisotopic (exact) mass is 483 g/mol. The van der Waals surface area contributed by atoms with Crippen LogP contribution in [0.15, 0.2) is 28.6 Å². The van der Waals surface area contributed by atoms with E-state index in [1.54, 1.807) is 0 Å². The summed E-state index contributed by atoms with van der Waals surface area (Å²) in [7, 11) is 2.87. The summed E-state index contributed by atoms with van der Waals surface area (Å²) < 4.78 is 29.7. The summed E-state index contributed by atoms with van der Waals surface area (Å²) in [5, 5.41) is -0.564. The van der Waals surface area contributed by atoms with Crippen molar-refractivity contribution in [2.45, 2.75) is 60.9 Å². The molecule has 6 atom stereocenters. The maximum atomic E-state index is 12.0. The normalized spacial score (nSPS) is 27.7. The molecule has 174 valence electrons. The Balaban J connectivity index is 2.05. The van der Waals surface area contributed by atoms with E-state index in [1.165, 1.54) is 58.1 Å². The van der Waals surface area contributed by atoms with Gasteiger partial charge in [-0.25, -0.2) is 4.98 Å². The molecule has 1 heterocycles. The number of benzene rings is 1. The van der Waals surface area contributed by atoms with Gasteiger partial charge >= 0.3 is 17.9 Å². The van der Waals surface area contributed by atoms with E-state index in [0.29, 0.717) is 0 Å². The summed E-state index contributed by atoms with van der Waals surface area (Å²) in [6.07, 6.45) is -4.56. The van der Waals surface area contributed by atoms with Gasteiger partial charge in [0.1, 0.15) is 18.3 Å². The Morgan fingerprint density at radius 3 is 1.88 bits per heavy atom. The Kier molecular flexibility index (Phi) is 8.10. The van der Waals surface area contributed by atoms with Crippen molar-refractivity contribution in [3.05, 3.63) is 24.3 Å². The van der Waals surface area contributed by atoms with E-state index in [-0.39, 0.29) is 0 Å². The minimum Gasteiger partial charge on any atom is -0.458 e. The Morgan fingerprint density at radius 2 is 1.34 bits per heavy atom. The van der Waals surface area contributed by atoms with Gasteiger partial charge in [0.2, 0.25) is 0 Å². The number of esters is 3. The predicted octanol–water partition coefficient (Wildman–Crippen LogP) is 2.60. The zero-order chi connectivity index (χ0) is 23.4. The molecule has 9 nitrogen and oxygen atoms in total. The van der Waals surface area contributed by atoms with Crippen LogP contribution in [0.2, 0.25) is 0 Å². The lowest BCUT2D eigenvalue weighted by Crippen LogP contribution is -2.66. The molecule has 1 aliphatic rings. The first-order valence-corrected chi connectivity index (χ1v) is 11.5. The van der Waals surface area contributed by atoms with Crippen molar-refractivity contribution in [1.29, 1.82) is 0 Å². The van der Waals surface area contributed by atoms with E-state index >= 15 is 0 Å². The number of carbonyl (C=O) groups excluding carboxylic acids is 3. The zero-order valence-corrected chi connectivity index (χ0v) is 19.9. The Morgan fingerprint density at radius 1 is 0.812 bits per heavy atom. The van der Waals surface area contributed by atoms with Crippen LogP contribution >= 0.6 is 23.1 Å².